The van der Waals surface area contributed by atoms with Crippen molar-refractivity contribution in [2.45, 2.75) is 25.3 Å². The van der Waals surface area contributed by atoms with Crippen molar-refractivity contribution in [1.82, 2.24) is 5.32 Å². The van der Waals surface area contributed by atoms with Crippen LogP contribution < -0.4 is 14.4 Å². The molecule has 7 heteroatoms. The monoisotopic (exact) mass is 438 g/mol. The van der Waals surface area contributed by atoms with Crippen LogP contribution in [0.4, 0.5) is 5.69 Å². The van der Waals surface area contributed by atoms with E-state index in [0.29, 0.717) is 18.0 Å². The van der Waals surface area contributed by atoms with Crippen LogP contribution in [0.2, 0.25) is 0 Å². The van der Waals surface area contributed by atoms with Crippen molar-refractivity contribution in [3.05, 3.63) is 89.5 Å². The first-order valence-corrected chi connectivity index (χ1v) is 11.3. The highest BCUT2D eigenvalue weighted by Crippen LogP contribution is 2.25. The second-order valence-corrected chi connectivity index (χ2v) is 9.15. The Labute approximate surface area is 183 Å². The minimum absolute atomic E-state index is 0.0837. The maximum absolute atomic E-state index is 13.4. The van der Waals surface area contributed by atoms with Gasteiger partial charge in [0.25, 0.3) is 10.0 Å². The first kappa shape index (κ1) is 22.4. The van der Waals surface area contributed by atoms with Crippen molar-refractivity contribution in [2.24, 2.45) is 0 Å². The van der Waals surface area contributed by atoms with E-state index in [2.05, 4.69) is 5.32 Å². The Morgan fingerprint density at radius 1 is 0.935 bits per heavy atom. The lowest BCUT2D eigenvalue weighted by molar-refractivity contribution is -0.119. The van der Waals surface area contributed by atoms with Crippen LogP contribution >= 0.6 is 0 Å². The van der Waals surface area contributed by atoms with Gasteiger partial charge in [0.05, 0.1) is 17.7 Å². The van der Waals surface area contributed by atoms with Gasteiger partial charge in [-0.15, -0.1) is 0 Å². The van der Waals surface area contributed by atoms with Gasteiger partial charge in [-0.3, -0.25) is 9.10 Å². The summed E-state index contributed by atoms with van der Waals surface area (Å²) in [5, 5.41) is 2.81. The molecule has 0 aliphatic heterocycles. The molecule has 0 saturated heterocycles. The highest BCUT2D eigenvalue weighted by atomic mass is 32.2. The molecule has 31 heavy (non-hydrogen) atoms. The largest absolute Gasteiger partial charge is 0.497 e. The summed E-state index contributed by atoms with van der Waals surface area (Å²) < 4.78 is 33.0. The van der Waals surface area contributed by atoms with Crippen molar-refractivity contribution in [1.29, 1.82) is 0 Å². The highest BCUT2D eigenvalue weighted by Gasteiger charge is 2.27. The molecule has 1 N–H and O–H groups in total. The fraction of sp³-hybridized carbons (Fsp3) is 0.208. The van der Waals surface area contributed by atoms with Crippen molar-refractivity contribution < 1.29 is 17.9 Å². The third-order valence-corrected chi connectivity index (χ3v) is 6.62. The van der Waals surface area contributed by atoms with Gasteiger partial charge in [0, 0.05) is 6.54 Å². The van der Waals surface area contributed by atoms with Crippen molar-refractivity contribution in [3.8, 4) is 5.75 Å². The molecule has 0 atom stereocenters. The smallest absolute Gasteiger partial charge is 0.264 e. The predicted octanol–water partition coefficient (Wildman–Crippen LogP) is 3.82. The van der Waals surface area contributed by atoms with Crippen LogP contribution in [0.3, 0.4) is 0 Å². The van der Waals surface area contributed by atoms with Gasteiger partial charge >= 0.3 is 0 Å². The Hall–Kier alpha value is -3.32. The van der Waals surface area contributed by atoms with Gasteiger partial charge in [-0.05, 0) is 55.8 Å². The SMILES string of the molecule is COc1ccc(S(=O)(=O)N(CC(=O)NCc2cccc(C)c2)c2ccc(C)cc2)cc1. The van der Waals surface area contributed by atoms with Crippen molar-refractivity contribution >= 4 is 21.6 Å². The second kappa shape index (κ2) is 9.66. The van der Waals surface area contributed by atoms with E-state index in [0.717, 1.165) is 21.0 Å². The number of amides is 1. The summed E-state index contributed by atoms with van der Waals surface area (Å²) in [6, 6.07) is 20.9. The van der Waals surface area contributed by atoms with Crippen LogP contribution in [0.15, 0.2) is 77.7 Å². The fourth-order valence-corrected chi connectivity index (χ4v) is 4.53. The third-order valence-electron chi connectivity index (χ3n) is 4.83. The summed E-state index contributed by atoms with van der Waals surface area (Å²) in [7, 11) is -2.45. The molecular formula is C24H26N2O4S. The lowest BCUT2D eigenvalue weighted by atomic mass is 10.1. The van der Waals surface area contributed by atoms with Crippen LogP contribution in [0, 0.1) is 13.8 Å². The summed E-state index contributed by atoms with van der Waals surface area (Å²) in [6.45, 7) is 3.89. The quantitative estimate of drug-likeness (QED) is 0.580. The number of methoxy groups -OCH3 is 1. The lowest BCUT2D eigenvalue weighted by Crippen LogP contribution is -2.40. The standard InChI is InChI=1S/C24H26N2O4S/c1-18-7-9-21(10-8-18)26(31(28,29)23-13-11-22(30-3)12-14-23)17-24(27)25-16-20-6-4-5-19(2)15-20/h4-15H,16-17H2,1-3H3,(H,25,27). The number of ether oxygens (including phenoxy) is 1. The van der Waals surface area contributed by atoms with Gasteiger partial charge in [0.1, 0.15) is 12.3 Å². The van der Waals surface area contributed by atoms with E-state index in [1.165, 1.54) is 19.2 Å². The molecule has 1 amide bonds. The molecule has 3 aromatic rings. The molecule has 0 unspecified atom stereocenters. The van der Waals surface area contributed by atoms with Gasteiger partial charge in [0.2, 0.25) is 5.91 Å². The first-order valence-electron chi connectivity index (χ1n) is 9.85. The van der Waals surface area contributed by atoms with E-state index in [9.17, 15) is 13.2 Å². The van der Waals surface area contributed by atoms with E-state index >= 15 is 0 Å². The maximum atomic E-state index is 13.4. The van der Waals surface area contributed by atoms with E-state index in [1.807, 2.05) is 50.2 Å². The number of aryl methyl sites for hydroxylation is 2. The molecule has 0 aliphatic carbocycles. The fourth-order valence-electron chi connectivity index (χ4n) is 3.11. The van der Waals surface area contributed by atoms with Crippen LogP contribution in [0.5, 0.6) is 5.75 Å². The molecule has 0 bridgehead atoms. The second-order valence-electron chi connectivity index (χ2n) is 7.29. The molecule has 0 radical (unpaired) electrons. The molecule has 0 saturated carbocycles. The Bertz CT molecular complexity index is 1140. The van der Waals surface area contributed by atoms with Gasteiger partial charge in [0.15, 0.2) is 0 Å². The van der Waals surface area contributed by atoms with Crippen LogP contribution in [0.1, 0.15) is 16.7 Å². The average molecular weight is 439 g/mol. The van der Waals surface area contributed by atoms with Gasteiger partial charge < -0.3 is 10.1 Å². The van der Waals surface area contributed by atoms with Crippen molar-refractivity contribution in [2.75, 3.05) is 18.0 Å². The van der Waals surface area contributed by atoms with Gasteiger partial charge in [-0.25, -0.2) is 8.42 Å². The molecular weight excluding hydrogens is 412 g/mol. The zero-order chi connectivity index (χ0) is 22.4. The number of nitrogens with one attached hydrogen (secondary N) is 1. The zero-order valence-corrected chi connectivity index (χ0v) is 18.6. The Kier molecular flexibility index (Phi) is 6.97. The Morgan fingerprint density at radius 3 is 2.23 bits per heavy atom. The van der Waals surface area contributed by atoms with E-state index < -0.39 is 10.0 Å². The van der Waals surface area contributed by atoms with E-state index in [4.69, 9.17) is 4.74 Å². The van der Waals surface area contributed by atoms with Crippen LogP contribution in [-0.4, -0.2) is 28.0 Å². The van der Waals surface area contributed by atoms with Crippen LogP contribution in [-0.2, 0) is 21.4 Å². The third kappa shape index (κ3) is 5.64. The summed E-state index contributed by atoms with van der Waals surface area (Å²) in [6.07, 6.45) is 0. The number of sulfonamides is 1. The molecule has 0 spiro atoms. The first-order chi connectivity index (χ1) is 14.8. The molecule has 162 valence electrons. The predicted molar refractivity (Wildman–Crippen MR) is 122 cm³/mol. The number of carbonyl (C=O) groups excluding carboxylic acids is 1. The van der Waals surface area contributed by atoms with Crippen molar-refractivity contribution in [3.63, 3.8) is 0 Å². The average Bonchev–Trinajstić information content (AvgIpc) is 2.77. The number of benzene rings is 3. The van der Waals surface area contributed by atoms with Gasteiger partial charge in [-0.1, -0.05) is 47.5 Å². The number of nitrogens with zero attached hydrogens (tertiary/aromatic N) is 1. The number of carbonyl (C=O) groups is 1. The summed E-state index contributed by atoms with van der Waals surface area (Å²) in [5.74, 6) is 0.163. The Balaban J connectivity index is 1.85. The minimum atomic E-state index is -3.96. The number of anilines is 1. The molecule has 3 aromatic carbocycles. The number of rotatable bonds is 8. The topological polar surface area (TPSA) is 75.7 Å². The molecule has 0 aromatic heterocycles. The Morgan fingerprint density at radius 2 is 1.61 bits per heavy atom. The minimum Gasteiger partial charge on any atom is -0.497 e. The summed E-state index contributed by atoms with van der Waals surface area (Å²) in [4.78, 5) is 12.8. The zero-order valence-electron chi connectivity index (χ0n) is 17.8. The summed E-state index contributed by atoms with van der Waals surface area (Å²) >= 11 is 0. The van der Waals surface area contributed by atoms with E-state index in [1.54, 1.807) is 24.3 Å². The number of hydrogen-bond acceptors (Lipinski definition) is 4. The van der Waals surface area contributed by atoms with Gasteiger partial charge in [-0.2, -0.15) is 0 Å². The summed E-state index contributed by atoms with van der Waals surface area (Å²) in [5.41, 5.74) is 3.46. The maximum Gasteiger partial charge on any atom is 0.264 e. The molecule has 6 nitrogen and oxygen atoms in total. The lowest BCUT2D eigenvalue weighted by Gasteiger charge is -2.24. The van der Waals surface area contributed by atoms with Crippen LogP contribution in [0.25, 0.3) is 0 Å². The van der Waals surface area contributed by atoms with E-state index in [-0.39, 0.29) is 17.3 Å². The highest BCUT2D eigenvalue weighted by molar-refractivity contribution is 7.92. The molecule has 0 aliphatic rings. The normalized spacial score (nSPS) is 11.1. The molecule has 0 heterocycles. The molecule has 3 rings (SSSR count). The number of hydrogen-bond donors (Lipinski definition) is 1. The molecule has 0 fully saturated rings.